The van der Waals surface area contributed by atoms with Crippen molar-refractivity contribution in [2.75, 3.05) is 18.9 Å². The minimum absolute atomic E-state index is 0.0613. The number of hydrogen-bond acceptors (Lipinski definition) is 4. The number of anilines is 1. The first-order valence-corrected chi connectivity index (χ1v) is 6.21. The van der Waals surface area contributed by atoms with Gasteiger partial charge in [-0.15, -0.1) is 11.3 Å². The standard InChI is InChI=1S/C11H18N2O2S/c1-8-9(12)7-10(16-8)11(15)13-5-3-2-4-6-14/h7,14H,2-6,12H2,1H3,(H,13,15). The minimum Gasteiger partial charge on any atom is -0.398 e. The van der Waals surface area contributed by atoms with Gasteiger partial charge in [-0.25, -0.2) is 0 Å². The van der Waals surface area contributed by atoms with Crippen molar-refractivity contribution in [3.8, 4) is 0 Å². The lowest BCUT2D eigenvalue weighted by molar-refractivity contribution is 0.0957. The second kappa shape index (κ2) is 6.50. The number of aliphatic hydroxyl groups is 1. The highest BCUT2D eigenvalue weighted by atomic mass is 32.1. The fraction of sp³-hybridized carbons (Fsp3) is 0.545. The molecule has 0 aliphatic heterocycles. The lowest BCUT2D eigenvalue weighted by Gasteiger charge is -2.02. The van der Waals surface area contributed by atoms with Gasteiger partial charge in [-0.1, -0.05) is 0 Å². The Balaban J connectivity index is 2.30. The molecule has 1 amide bonds. The molecule has 0 unspecified atom stereocenters. The van der Waals surface area contributed by atoms with Crippen LogP contribution in [0.3, 0.4) is 0 Å². The Kier molecular flexibility index (Phi) is 5.28. The number of nitrogen functional groups attached to an aromatic ring is 1. The number of aliphatic hydroxyl groups excluding tert-OH is 1. The lowest BCUT2D eigenvalue weighted by atomic mass is 10.2. The molecular formula is C11H18N2O2S. The summed E-state index contributed by atoms with van der Waals surface area (Å²) in [6.07, 6.45) is 2.62. The number of rotatable bonds is 6. The third-order valence-electron chi connectivity index (χ3n) is 2.30. The van der Waals surface area contributed by atoms with Crippen LogP contribution in [0.15, 0.2) is 6.07 Å². The van der Waals surface area contributed by atoms with Crippen molar-refractivity contribution >= 4 is 22.9 Å². The topological polar surface area (TPSA) is 75.3 Å². The molecule has 16 heavy (non-hydrogen) atoms. The van der Waals surface area contributed by atoms with E-state index in [1.807, 2.05) is 6.92 Å². The van der Waals surface area contributed by atoms with Crippen LogP contribution in [-0.4, -0.2) is 24.2 Å². The summed E-state index contributed by atoms with van der Waals surface area (Å²) >= 11 is 1.41. The van der Waals surface area contributed by atoms with Crippen LogP contribution < -0.4 is 11.1 Å². The van der Waals surface area contributed by atoms with Gasteiger partial charge in [-0.2, -0.15) is 0 Å². The molecular weight excluding hydrogens is 224 g/mol. The summed E-state index contributed by atoms with van der Waals surface area (Å²) in [6.45, 7) is 2.77. The van der Waals surface area contributed by atoms with Crippen LogP contribution in [0.4, 0.5) is 5.69 Å². The molecule has 1 rings (SSSR count). The average Bonchev–Trinajstić information content (AvgIpc) is 2.59. The number of nitrogens with two attached hydrogens (primary N) is 1. The Hall–Kier alpha value is -1.07. The molecule has 90 valence electrons. The zero-order valence-corrected chi connectivity index (χ0v) is 10.3. The zero-order chi connectivity index (χ0) is 12.0. The maximum Gasteiger partial charge on any atom is 0.261 e. The molecule has 4 N–H and O–H groups in total. The first-order valence-electron chi connectivity index (χ1n) is 5.40. The van der Waals surface area contributed by atoms with Gasteiger partial charge in [0.1, 0.15) is 0 Å². The zero-order valence-electron chi connectivity index (χ0n) is 9.45. The highest BCUT2D eigenvalue weighted by molar-refractivity contribution is 7.14. The second-order valence-electron chi connectivity index (χ2n) is 3.66. The van der Waals surface area contributed by atoms with Gasteiger partial charge in [0.05, 0.1) is 4.88 Å². The van der Waals surface area contributed by atoms with Crippen molar-refractivity contribution in [3.63, 3.8) is 0 Å². The van der Waals surface area contributed by atoms with Gasteiger partial charge < -0.3 is 16.2 Å². The van der Waals surface area contributed by atoms with E-state index in [-0.39, 0.29) is 12.5 Å². The molecule has 0 aliphatic rings. The Morgan fingerprint density at radius 1 is 1.50 bits per heavy atom. The van der Waals surface area contributed by atoms with Crippen LogP contribution in [0.2, 0.25) is 0 Å². The number of amides is 1. The maximum absolute atomic E-state index is 11.6. The number of hydrogen-bond donors (Lipinski definition) is 3. The van der Waals surface area contributed by atoms with E-state index in [0.717, 1.165) is 24.1 Å². The van der Waals surface area contributed by atoms with Crippen molar-refractivity contribution < 1.29 is 9.90 Å². The summed E-state index contributed by atoms with van der Waals surface area (Å²) in [7, 11) is 0. The van der Waals surface area contributed by atoms with Crippen molar-refractivity contribution in [3.05, 3.63) is 15.8 Å². The first kappa shape index (κ1) is 13.0. The van der Waals surface area contributed by atoms with Gasteiger partial charge in [0, 0.05) is 23.7 Å². The van der Waals surface area contributed by atoms with Crippen LogP contribution in [0, 0.1) is 6.92 Å². The molecule has 0 aromatic carbocycles. The predicted octanol–water partition coefficient (Wildman–Crippen LogP) is 1.53. The van der Waals surface area contributed by atoms with Crippen molar-refractivity contribution in [1.29, 1.82) is 0 Å². The molecule has 5 heteroatoms. The first-order chi connectivity index (χ1) is 7.65. The van der Waals surface area contributed by atoms with Crippen LogP contribution in [0.1, 0.15) is 33.8 Å². The summed E-state index contributed by atoms with van der Waals surface area (Å²) in [5, 5.41) is 11.4. The van der Waals surface area contributed by atoms with Crippen molar-refractivity contribution in [1.82, 2.24) is 5.32 Å². The van der Waals surface area contributed by atoms with E-state index < -0.39 is 0 Å². The van der Waals surface area contributed by atoms with E-state index in [2.05, 4.69) is 5.32 Å². The van der Waals surface area contributed by atoms with Gasteiger partial charge in [0.2, 0.25) is 0 Å². The Bertz CT molecular complexity index is 330. The molecule has 0 radical (unpaired) electrons. The maximum atomic E-state index is 11.6. The van der Waals surface area contributed by atoms with Crippen LogP contribution >= 0.6 is 11.3 Å². The summed E-state index contributed by atoms with van der Waals surface area (Å²) in [5.41, 5.74) is 6.35. The molecule has 0 aliphatic carbocycles. The van der Waals surface area contributed by atoms with Crippen LogP contribution in [0.25, 0.3) is 0 Å². The molecule has 0 bridgehead atoms. The second-order valence-corrected chi connectivity index (χ2v) is 4.92. The van der Waals surface area contributed by atoms with Gasteiger partial charge in [0.15, 0.2) is 0 Å². The highest BCUT2D eigenvalue weighted by Gasteiger charge is 2.09. The normalized spacial score (nSPS) is 10.4. The average molecular weight is 242 g/mol. The SMILES string of the molecule is Cc1sc(C(=O)NCCCCCO)cc1N. The quantitative estimate of drug-likeness (QED) is 0.662. The Labute approximate surface area is 99.5 Å². The molecule has 0 saturated carbocycles. The van der Waals surface area contributed by atoms with Gasteiger partial charge in [-0.3, -0.25) is 4.79 Å². The number of unbranched alkanes of at least 4 members (excludes halogenated alkanes) is 2. The van der Waals surface area contributed by atoms with Crippen LogP contribution in [-0.2, 0) is 0 Å². The van der Waals surface area contributed by atoms with E-state index in [9.17, 15) is 4.79 Å². The fourth-order valence-corrected chi connectivity index (χ4v) is 2.17. The number of nitrogens with one attached hydrogen (secondary N) is 1. The van der Waals surface area contributed by atoms with Gasteiger partial charge in [-0.05, 0) is 32.3 Å². The van der Waals surface area contributed by atoms with Gasteiger partial charge >= 0.3 is 0 Å². The summed E-state index contributed by atoms with van der Waals surface area (Å²) in [4.78, 5) is 13.3. The summed E-state index contributed by atoms with van der Waals surface area (Å²) < 4.78 is 0. The summed E-state index contributed by atoms with van der Waals surface area (Å²) in [5.74, 6) is -0.0613. The molecule has 0 fully saturated rings. The Morgan fingerprint density at radius 2 is 2.25 bits per heavy atom. The fourth-order valence-electron chi connectivity index (χ4n) is 1.31. The monoisotopic (exact) mass is 242 g/mol. The molecule has 1 aromatic heterocycles. The largest absolute Gasteiger partial charge is 0.398 e. The van der Waals surface area contributed by atoms with E-state index in [4.69, 9.17) is 10.8 Å². The molecule has 0 saturated heterocycles. The van der Waals surface area contributed by atoms with E-state index in [0.29, 0.717) is 17.1 Å². The highest BCUT2D eigenvalue weighted by Crippen LogP contribution is 2.22. The van der Waals surface area contributed by atoms with E-state index in [1.54, 1.807) is 6.07 Å². The van der Waals surface area contributed by atoms with Crippen molar-refractivity contribution in [2.24, 2.45) is 0 Å². The van der Waals surface area contributed by atoms with Crippen molar-refractivity contribution in [2.45, 2.75) is 26.2 Å². The Morgan fingerprint density at radius 3 is 2.81 bits per heavy atom. The molecule has 0 spiro atoms. The van der Waals surface area contributed by atoms with Gasteiger partial charge in [0.25, 0.3) is 5.91 Å². The van der Waals surface area contributed by atoms with Crippen LogP contribution in [0.5, 0.6) is 0 Å². The number of carbonyl (C=O) groups is 1. The molecule has 1 heterocycles. The number of thiophene rings is 1. The third kappa shape index (κ3) is 3.83. The third-order valence-corrected chi connectivity index (χ3v) is 3.37. The molecule has 0 atom stereocenters. The predicted molar refractivity (Wildman–Crippen MR) is 66.7 cm³/mol. The lowest BCUT2D eigenvalue weighted by Crippen LogP contribution is -2.23. The minimum atomic E-state index is -0.0613. The molecule has 4 nitrogen and oxygen atoms in total. The number of carbonyl (C=O) groups excluding carboxylic acids is 1. The smallest absolute Gasteiger partial charge is 0.261 e. The molecule has 1 aromatic rings. The summed E-state index contributed by atoms with van der Waals surface area (Å²) in [6, 6.07) is 1.71. The number of aryl methyl sites for hydroxylation is 1. The van der Waals surface area contributed by atoms with E-state index in [1.165, 1.54) is 11.3 Å². The van der Waals surface area contributed by atoms with E-state index >= 15 is 0 Å².